The normalized spacial score (nSPS) is 24.5. The molecule has 1 aliphatic heterocycles. The summed E-state index contributed by atoms with van der Waals surface area (Å²) in [5.74, 6) is -1.35. The second-order valence-corrected chi connectivity index (χ2v) is 7.32. The average Bonchev–Trinajstić information content (AvgIpc) is 3.04. The summed E-state index contributed by atoms with van der Waals surface area (Å²) >= 11 is 0. The molecular formula is C19H28N6O7. The van der Waals surface area contributed by atoms with Gasteiger partial charge in [-0.1, -0.05) is 31.8 Å². The summed E-state index contributed by atoms with van der Waals surface area (Å²) in [6.45, 7) is 2.88. The predicted octanol–water partition coefficient (Wildman–Crippen LogP) is 1.56. The van der Waals surface area contributed by atoms with Crippen LogP contribution in [0.25, 0.3) is 10.4 Å². The van der Waals surface area contributed by atoms with Crippen LogP contribution in [0.1, 0.15) is 58.6 Å². The van der Waals surface area contributed by atoms with E-state index in [2.05, 4.69) is 15.0 Å². The molecule has 0 spiro atoms. The molecule has 32 heavy (non-hydrogen) atoms. The van der Waals surface area contributed by atoms with E-state index in [1.807, 2.05) is 13.8 Å². The molecule has 13 nitrogen and oxygen atoms in total. The van der Waals surface area contributed by atoms with Crippen molar-refractivity contribution in [2.24, 2.45) is 5.11 Å². The number of carbonyl (C=O) groups is 2. The van der Waals surface area contributed by atoms with Crippen molar-refractivity contribution in [1.82, 2.24) is 9.55 Å². The molecule has 0 aromatic carbocycles. The van der Waals surface area contributed by atoms with Gasteiger partial charge in [-0.2, -0.15) is 4.98 Å². The van der Waals surface area contributed by atoms with E-state index in [0.717, 1.165) is 17.4 Å². The lowest BCUT2D eigenvalue weighted by atomic mass is 10.0. The number of azide groups is 1. The van der Waals surface area contributed by atoms with Crippen molar-refractivity contribution in [3.05, 3.63) is 33.2 Å². The topological polar surface area (TPSA) is 192 Å². The summed E-state index contributed by atoms with van der Waals surface area (Å²) < 4.78 is 17.7. The molecular weight excluding hydrogens is 424 g/mol. The smallest absolute Gasteiger partial charge is 0.351 e. The average molecular weight is 452 g/mol. The number of hydrogen-bond acceptors (Lipinski definition) is 10. The van der Waals surface area contributed by atoms with Crippen molar-refractivity contribution in [1.29, 1.82) is 0 Å². The van der Waals surface area contributed by atoms with Crippen LogP contribution < -0.4 is 11.4 Å². The number of nitrogens with two attached hydrogens (primary N) is 1. The van der Waals surface area contributed by atoms with E-state index in [9.17, 15) is 19.5 Å². The van der Waals surface area contributed by atoms with Gasteiger partial charge in [-0.15, -0.1) is 0 Å². The highest BCUT2D eigenvalue weighted by Crippen LogP contribution is 2.41. The molecule has 4 unspecified atom stereocenters. The number of nitrogen functional groups attached to an aromatic ring is 1. The maximum absolute atomic E-state index is 12.4. The SMILES string of the molecule is CCCCC(=O)OC1C(n2ccc(N)nc2=O)OC(CO)(N=[N+]=[N-])C1OC(=O)CCCC. The Morgan fingerprint density at radius 3 is 2.47 bits per heavy atom. The van der Waals surface area contributed by atoms with Gasteiger partial charge < -0.3 is 25.1 Å². The van der Waals surface area contributed by atoms with Gasteiger partial charge in [0.2, 0.25) is 5.72 Å². The van der Waals surface area contributed by atoms with Crippen molar-refractivity contribution in [2.75, 3.05) is 12.3 Å². The Labute approximate surface area is 184 Å². The number of carbonyl (C=O) groups excluding carboxylic acids is 2. The summed E-state index contributed by atoms with van der Waals surface area (Å²) in [6, 6.07) is 1.31. The molecule has 1 fully saturated rings. The van der Waals surface area contributed by atoms with Gasteiger partial charge in [0.1, 0.15) is 5.82 Å². The predicted molar refractivity (Wildman–Crippen MR) is 111 cm³/mol. The molecule has 1 aromatic heterocycles. The number of aromatic nitrogens is 2. The first kappa shape index (κ1) is 25.1. The van der Waals surface area contributed by atoms with Gasteiger partial charge in [-0.05, 0) is 24.4 Å². The Balaban J connectivity index is 2.52. The fraction of sp³-hybridized carbons (Fsp3) is 0.684. The molecule has 1 aliphatic rings. The first-order valence-electron chi connectivity index (χ1n) is 10.4. The Bertz CT molecular complexity index is 916. The second kappa shape index (κ2) is 11.5. The Kier molecular flexibility index (Phi) is 9.00. The minimum Gasteiger partial charge on any atom is -0.455 e. The van der Waals surface area contributed by atoms with Crippen molar-refractivity contribution >= 4 is 17.8 Å². The zero-order valence-electron chi connectivity index (χ0n) is 18.0. The molecule has 1 aromatic rings. The molecule has 176 valence electrons. The molecule has 0 radical (unpaired) electrons. The molecule has 2 heterocycles. The Morgan fingerprint density at radius 2 is 1.94 bits per heavy atom. The molecule has 0 aliphatic carbocycles. The second-order valence-electron chi connectivity index (χ2n) is 7.32. The third kappa shape index (κ3) is 5.75. The van der Waals surface area contributed by atoms with Gasteiger partial charge in [0.25, 0.3) is 0 Å². The third-order valence-corrected chi connectivity index (χ3v) is 4.91. The van der Waals surface area contributed by atoms with E-state index >= 15 is 0 Å². The van der Waals surface area contributed by atoms with Crippen LogP contribution in [0.15, 0.2) is 22.2 Å². The molecule has 13 heteroatoms. The zero-order chi connectivity index (χ0) is 23.7. The van der Waals surface area contributed by atoms with Gasteiger partial charge in [-0.3, -0.25) is 14.2 Å². The standard InChI is InChI=1S/C19H28N6O7/c1-3-5-7-13(27)30-15-16(31-14(28)8-6-4-2)19(11-26,23-24-21)32-17(15)25-10-9-12(20)22-18(25)29/h9-10,15-17,26H,3-8,11H2,1-2H3,(H2,20,22,29). The summed E-state index contributed by atoms with van der Waals surface area (Å²) in [5, 5.41) is 13.5. The van der Waals surface area contributed by atoms with Crippen LogP contribution in [0, 0.1) is 0 Å². The molecule has 0 bridgehead atoms. The van der Waals surface area contributed by atoms with Crippen LogP contribution in [0.4, 0.5) is 5.82 Å². The van der Waals surface area contributed by atoms with E-state index < -0.39 is 48.4 Å². The minimum absolute atomic E-state index is 0.0493. The van der Waals surface area contributed by atoms with Gasteiger partial charge >= 0.3 is 17.6 Å². The fourth-order valence-corrected chi connectivity index (χ4v) is 3.23. The number of ether oxygens (including phenoxy) is 3. The third-order valence-electron chi connectivity index (χ3n) is 4.91. The molecule has 3 N–H and O–H groups in total. The van der Waals surface area contributed by atoms with E-state index in [0.29, 0.717) is 12.8 Å². The number of nitrogens with zero attached hydrogens (tertiary/aromatic N) is 5. The number of rotatable bonds is 11. The zero-order valence-corrected chi connectivity index (χ0v) is 18.0. The lowest BCUT2D eigenvalue weighted by molar-refractivity contribution is -0.173. The molecule has 0 amide bonds. The number of unbranched alkanes of at least 4 members (excludes halogenated alkanes) is 2. The molecule has 4 atom stereocenters. The van der Waals surface area contributed by atoms with Crippen LogP contribution in [0.3, 0.4) is 0 Å². The largest absolute Gasteiger partial charge is 0.455 e. The monoisotopic (exact) mass is 452 g/mol. The van der Waals surface area contributed by atoms with Gasteiger partial charge in [0, 0.05) is 24.0 Å². The Morgan fingerprint density at radius 1 is 1.31 bits per heavy atom. The van der Waals surface area contributed by atoms with Crippen LogP contribution >= 0.6 is 0 Å². The first-order chi connectivity index (χ1) is 15.3. The minimum atomic E-state index is -2.13. The molecule has 1 saturated heterocycles. The summed E-state index contributed by atoms with van der Waals surface area (Å²) in [7, 11) is 0. The van der Waals surface area contributed by atoms with E-state index in [-0.39, 0.29) is 18.7 Å². The maximum Gasteiger partial charge on any atom is 0.351 e. The highest BCUT2D eigenvalue weighted by molar-refractivity contribution is 5.71. The number of hydrogen-bond donors (Lipinski definition) is 2. The van der Waals surface area contributed by atoms with E-state index in [4.69, 9.17) is 25.5 Å². The quantitative estimate of drug-likeness (QED) is 0.217. The lowest BCUT2D eigenvalue weighted by Gasteiger charge is -2.28. The van der Waals surface area contributed by atoms with Crippen LogP contribution in [-0.2, 0) is 23.8 Å². The number of aliphatic hydroxyl groups excluding tert-OH is 1. The summed E-state index contributed by atoms with van der Waals surface area (Å²) in [5.41, 5.74) is 11.6. The maximum atomic E-state index is 12.4. The van der Waals surface area contributed by atoms with Crippen LogP contribution in [0.2, 0.25) is 0 Å². The summed E-state index contributed by atoms with van der Waals surface area (Å²) in [4.78, 5) is 43.6. The first-order valence-corrected chi connectivity index (χ1v) is 10.4. The van der Waals surface area contributed by atoms with Crippen molar-refractivity contribution < 1.29 is 28.9 Å². The van der Waals surface area contributed by atoms with Gasteiger partial charge in [-0.25, -0.2) is 4.79 Å². The van der Waals surface area contributed by atoms with E-state index in [1.165, 1.54) is 12.3 Å². The number of esters is 2. The number of anilines is 1. The molecule has 2 rings (SSSR count). The lowest BCUT2D eigenvalue weighted by Crippen LogP contribution is -2.48. The van der Waals surface area contributed by atoms with Gasteiger partial charge in [0.05, 0.1) is 6.61 Å². The number of aliphatic hydroxyl groups is 1. The van der Waals surface area contributed by atoms with Crippen LogP contribution in [0.5, 0.6) is 0 Å². The highest BCUT2D eigenvalue weighted by Gasteiger charge is 2.60. The highest BCUT2D eigenvalue weighted by atomic mass is 16.7. The Hall–Kier alpha value is -3.15. The fourth-order valence-electron chi connectivity index (χ4n) is 3.23. The van der Waals surface area contributed by atoms with Crippen molar-refractivity contribution in [2.45, 2.75) is 76.5 Å². The van der Waals surface area contributed by atoms with Gasteiger partial charge in [0.15, 0.2) is 18.4 Å². The van der Waals surface area contributed by atoms with Crippen LogP contribution in [-0.4, -0.2) is 51.1 Å². The molecule has 0 saturated carbocycles. The van der Waals surface area contributed by atoms with Crippen molar-refractivity contribution in [3.63, 3.8) is 0 Å². The van der Waals surface area contributed by atoms with Crippen molar-refractivity contribution in [3.8, 4) is 0 Å². The summed E-state index contributed by atoms with van der Waals surface area (Å²) in [6.07, 6.45) is -0.399. The van der Waals surface area contributed by atoms with E-state index in [1.54, 1.807) is 0 Å².